The maximum Gasteiger partial charge on any atom is 0.211 e. The van der Waals surface area contributed by atoms with E-state index < -0.39 is 0 Å². The van der Waals surface area contributed by atoms with Crippen LogP contribution in [-0.4, -0.2) is 20.5 Å². The maximum atomic E-state index is 13.3. The molecule has 32 heavy (non-hydrogen) atoms. The van der Waals surface area contributed by atoms with Gasteiger partial charge < -0.3 is 9.73 Å². The molecule has 2 aromatic carbocycles. The predicted molar refractivity (Wildman–Crippen MR) is 125 cm³/mol. The first-order valence-electron chi connectivity index (χ1n) is 10.5. The van der Waals surface area contributed by atoms with Crippen LogP contribution in [0, 0.1) is 6.92 Å². The SMILES string of the molecule is Cc1cccc(Nc2nn(-c3nc4ccccc4s3)c3c2C(=O)CC(c2ccco2)C3)c1. The summed E-state index contributed by atoms with van der Waals surface area (Å²) in [7, 11) is 0. The molecule has 0 spiro atoms. The zero-order valence-electron chi connectivity index (χ0n) is 17.4. The van der Waals surface area contributed by atoms with Gasteiger partial charge in [-0.15, -0.1) is 5.10 Å². The molecule has 0 saturated carbocycles. The molecule has 1 aliphatic carbocycles. The van der Waals surface area contributed by atoms with Crippen molar-refractivity contribution in [3.8, 4) is 5.13 Å². The smallest absolute Gasteiger partial charge is 0.211 e. The lowest BCUT2D eigenvalue weighted by Gasteiger charge is -2.20. The quantitative estimate of drug-likeness (QED) is 0.369. The molecule has 3 heterocycles. The summed E-state index contributed by atoms with van der Waals surface area (Å²) >= 11 is 1.57. The number of hydrogen-bond acceptors (Lipinski definition) is 6. The third kappa shape index (κ3) is 3.22. The number of nitrogens with zero attached hydrogens (tertiary/aromatic N) is 3. The number of Topliss-reactive ketones (excluding diaryl/α,β-unsaturated/α-hetero) is 1. The highest BCUT2D eigenvalue weighted by atomic mass is 32.1. The predicted octanol–water partition coefficient (Wildman–Crippen LogP) is 6.04. The van der Waals surface area contributed by atoms with Gasteiger partial charge in [0.25, 0.3) is 0 Å². The Hall–Kier alpha value is -3.71. The first kappa shape index (κ1) is 19.0. The van der Waals surface area contributed by atoms with E-state index in [-0.39, 0.29) is 11.7 Å². The van der Waals surface area contributed by atoms with E-state index in [0.29, 0.717) is 24.2 Å². The van der Waals surface area contributed by atoms with Crippen molar-refractivity contribution in [2.45, 2.75) is 25.7 Å². The van der Waals surface area contributed by atoms with Crippen LogP contribution in [-0.2, 0) is 6.42 Å². The monoisotopic (exact) mass is 440 g/mol. The van der Waals surface area contributed by atoms with Gasteiger partial charge in [-0.25, -0.2) is 9.67 Å². The number of fused-ring (bicyclic) bond motifs is 2. The number of nitrogens with one attached hydrogen (secondary N) is 1. The normalized spacial score (nSPS) is 15.8. The molecular weight excluding hydrogens is 420 g/mol. The van der Waals surface area contributed by atoms with E-state index in [2.05, 4.69) is 11.4 Å². The van der Waals surface area contributed by atoms with Crippen LogP contribution in [0.4, 0.5) is 11.5 Å². The third-order valence-corrected chi connectivity index (χ3v) is 6.83. The Kier molecular flexibility index (Phi) is 4.43. The molecule has 7 heteroatoms. The number of anilines is 2. The fourth-order valence-corrected chi connectivity index (χ4v) is 5.29. The zero-order chi connectivity index (χ0) is 21.7. The first-order valence-corrected chi connectivity index (χ1v) is 11.4. The molecule has 1 atom stereocenters. The van der Waals surface area contributed by atoms with Gasteiger partial charge in [-0.2, -0.15) is 0 Å². The van der Waals surface area contributed by atoms with Crippen LogP contribution < -0.4 is 5.32 Å². The van der Waals surface area contributed by atoms with E-state index in [9.17, 15) is 4.79 Å². The second-order valence-corrected chi connectivity index (χ2v) is 9.09. The third-order valence-electron chi connectivity index (χ3n) is 5.82. The summed E-state index contributed by atoms with van der Waals surface area (Å²) < 4.78 is 8.56. The molecule has 1 aliphatic rings. The van der Waals surface area contributed by atoms with Crippen molar-refractivity contribution in [1.82, 2.24) is 14.8 Å². The van der Waals surface area contributed by atoms with Crippen molar-refractivity contribution in [3.63, 3.8) is 0 Å². The molecule has 158 valence electrons. The second kappa shape index (κ2) is 7.46. The molecule has 0 radical (unpaired) electrons. The number of aromatic nitrogens is 3. The Labute approximate surface area is 188 Å². The number of carbonyl (C=O) groups is 1. The number of aryl methyl sites for hydroxylation is 1. The van der Waals surface area contributed by atoms with Crippen molar-refractivity contribution in [3.05, 3.63) is 89.5 Å². The number of benzene rings is 2. The Morgan fingerprint density at radius 2 is 2.00 bits per heavy atom. The molecule has 3 aromatic heterocycles. The molecule has 0 saturated heterocycles. The fraction of sp³-hybridized carbons (Fsp3) is 0.160. The van der Waals surface area contributed by atoms with Crippen LogP contribution in [0.2, 0.25) is 0 Å². The summed E-state index contributed by atoms with van der Waals surface area (Å²) in [6.07, 6.45) is 2.71. The number of thiazole rings is 1. The van der Waals surface area contributed by atoms with E-state index in [1.165, 1.54) is 0 Å². The molecule has 5 aromatic rings. The van der Waals surface area contributed by atoms with E-state index >= 15 is 0 Å². The molecule has 0 fully saturated rings. The van der Waals surface area contributed by atoms with Crippen LogP contribution in [0.1, 0.15) is 39.7 Å². The zero-order valence-corrected chi connectivity index (χ0v) is 18.2. The van der Waals surface area contributed by atoms with Gasteiger partial charge in [-0.1, -0.05) is 35.6 Å². The van der Waals surface area contributed by atoms with Gasteiger partial charge in [-0.3, -0.25) is 4.79 Å². The van der Waals surface area contributed by atoms with E-state index in [4.69, 9.17) is 14.5 Å². The second-order valence-electron chi connectivity index (χ2n) is 8.08. The number of carbonyl (C=O) groups excluding carboxylic acids is 1. The van der Waals surface area contributed by atoms with Gasteiger partial charge in [0, 0.05) is 24.4 Å². The van der Waals surface area contributed by atoms with Gasteiger partial charge >= 0.3 is 0 Å². The topological polar surface area (TPSA) is 73.0 Å². The molecular formula is C25H20N4O2S. The Morgan fingerprint density at radius 1 is 1.09 bits per heavy atom. The number of para-hydroxylation sites is 1. The highest BCUT2D eigenvalue weighted by Gasteiger charge is 2.35. The van der Waals surface area contributed by atoms with Gasteiger partial charge in [0.05, 0.1) is 27.7 Å². The van der Waals surface area contributed by atoms with E-state index in [1.807, 2.05) is 66.2 Å². The first-order chi connectivity index (χ1) is 15.7. The van der Waals surface area contributed by atoms with Crippen LogP contribution in [0.25, 0.3) is 15.3 Å². The average molecular weight is 441 g/mol. The van der Waals surface area contributed by atoms with Crippen LogP contribution in [0.15, 0.2) is 71.3 Å². The lowest BCUT2D eigenvalue weighted by molar-refractivity contribution is 0.0960. The minimum atomic E-state index is -0.0124. The largest absolute Gasteiger partial charge is 0.469 e. The molecule has 6 rings (SSSR count). The van der Waals surface area contributed by atoms with Crippen molar-refractivity contribution in [2.24, 2.45) is 0 Å². The van der Waals surface area contributed by atoms with Crippen LogP contribution in [0.5, 0.6) is 0 Å². The molecule has 6 nitrogen and oxygen atoms in total. The van der Waals surface area contributed by atoms with Crippen molar-refractivity contribution in [2.75, 3.05) is 5.32 Å². The number of rotatable bonds is 4. The standard InChI is InChI=1S/C25H20N4O2S/c1-15-6-4-7-17(12-15)26-24-23-19(13-16(14-20(23)30)21-9-5-11-31-21)29(28-24)25-27-18-8-2-3-10-22(18)32-25/h2-12,16H,13-14H2,1H3,(H,26,28). The number of hydrogen-bond donors (Lipinski definition) is 1. The highest BCUT2D eigenvalue weighted by Crippen LogP contribution is 2.39. The van der Waals surface area contributed by atoms with Crippen LogP contribution >= 0.6 is 11.3 Å². The molecule has 1 N–H and O–H groups in total. The van der Waals surface area contributed by atoms with Crippen molar-refractivity contribution in [1.29, 1.82) is 0 Å². The summed E-state index contributed by atoms with van der Waals surface area (Å²) in [5.74, 6) is 1.46. The van der Waals surface area contributed by atoms with Gasteiger partial charge in [0.2, 0.25) is 5.13 Å². The fourth-order valence-electron chi connectivity index (χ4n) is 4.35. The minimum Gasteiger partial charge on any atom is -0.469 e. The maximum absolute atomic E-state index is 13.3. The molecule has 0 aliphatic heterocycles. The highest BCUT2D eigenvalue weighted by molar-refractivity contribution is 7.20. The average Bonchev–Trinajstić information content (AvgIpc) is 3.52. The van der Waals surface area contributed by atoms with Crippen molar-refractivity contribution < 1.29 is 9.21 Å². The summed E-state index contributed by atoms with van der Waals surface area (Å²) in [4.78, 5) is 18.1. The van der Waals surface area contributed by atoms with Gasteiger partial charge in [0.15, 0.2) is 11.6 Å². The Bertz CT molecular complexity index is 1420. The van der Waals surface area contributed by atoms with E-state index in [1.54, 1.807) is 17.6 Å². The summed E-state index contributed by atoms with van der Waals surface area (Å²) in [5.41, 5.74) is 4.49. The Balaban J connectivity index is 1.50. The number of ketones is 1. The lowest BCUT2D eigenvalue weighted by atomic mass is 9.85. The summed E-state index contributed by atoms with van der Waals surface area (Å²) in [6.45, 7) is 2.04. The molecule has 0 bridgehead atoms. The summed E-state index contributed by atoms with van der Waals surface area (Å²) in [6, 6.07) is 19.9. The summed E-state index contributed by atoms with van der Waals surface area (Å²) in [5, 5.41) is 8.99. The van der Waals surface area contributed by atoms with E-state index in [0.717, 1.165) is 38.1 Å². The van der Waals surface area contributed by atoms with Crippen LogP contribution in [0.3, 0.4) is 0 Å². The molecule has 1 unspecified atom stereocenters. The minimum absolute atomic E-state index is 0.0124. The van der Waals surface area contributed by atoms with Gasteiger partial charge in [-0.05, 0) is 48.9 Å². The Morgan fingerprint density at radius 3 is 2.81 bits per heavy atom. The molecule has 0 amide bonds. The lowest BCUT2D eigenvalue weighted by Crippen LogP contribution is -2.20. The number of furan rings is 1. The van der Waals surface area contributed by atoms with Crippen molar-refractivity contribution >= 4 is 38.8 Å². The van der Waals surface area contributed by atoms with Gasteiger partial charge in [0.1, 0.15) is 5.76 Å².